The van der Waals surface area contributed by atoms with Gasteiger partial charge in [-0.2, -0.15) is 0 Å². The molecule has 0 bridgehead atoms. The molecule has 0 amide bonds. The van der Waals surface area contributed by atoms with Gasteiger partial charge in [-0.15, -0.1) is 0 Å². The van der Waals surface area contributed by atoms with Crippen molar-refractivity contribution in [2.24, 2.45) is 0 Å². The highest BCUT2D eigenvalue weighted by atomic mass is 16.5. The summed E-state index contributed by atoms with van der Waals surface area (Å²) in [7, 11) is 4.30. The minimum absolute atomic E-state index is 0.418. The highest BCUT2D eigenvalue weighted by molar-refractivity contribution is 6.59. The number of likely N-dealkylation sites (N-methyl/N-ethyl adjacent to an activating group) is 2. The zero-order valence-electron chi connectivity index (χ0n) is 13.1. The molecule has 5 nitrogen and oxygen atoms in total. The first kappa shape index (κ1) is 16.3. The Bertz CT molecular complexity index is 470. The number of ether oxygens (including phenoxy) is 1. The Kier molecular flexibility index (Phi) is 5.64. The van der Waals surface area contributed by atoms with Gasteiger partial charge in [0, 0.05) is 24.6 Å². The summed E-state index contributed by atoms with van der Waals surface area (Å²) < 4.78 is 5.15. The van der Waals surface area contributed by atoms with E-state index >= 15 is 0 Å². The van der Waals surface area contributed by atoms with Gasteiger partial charge < -0.3 is 24.6 Å². The molecule has 1 aliphatic rings. The lowest BCUT2D eigenvalue weighted by molar-refractivity contribution is 0.215. The summed E-state index contributed by atoms with van der Waals surface area (Å²) in [4.78, 5) is 4.69. The Morgan fingerprint density at radius 1 is 1.43 bits per heavy atom. The molecule has 6 heteroatoms. The van der Waals surface area contributed by atoms with E-state index in [4.69, 9.17) is 4.74 Å². The maximum atomic E-state index is 9.41. The summed E-state index contributed by atoms with van der Waals surface area (Å²) in [6.45, 7) is 3.00. The van der Waals surface area contributed by atoms with Crippen LogP contribution in [0.1, 0.15) is 18.4 Å². The van der Waals surface area contributed by atoms with Crippen LogP contribution in [0.3, 0.4) is 0 Å². The summed E-state index contributed by atoms with van der Waals surface area (Å²) in [6.07, 6.45) is 2.53. The average molecular weight is 292 g/mol. The van der Waals surface area contributed by atoms with E-state index in [0.29, 0.717) is 17.3 Å². The molecule has 1 aliphatic heterocycles. The van der Waals surface area contributed by atoms with Crippen molar-refractivity contribution in [3.63, 3.8) is 0 Å². The fourth-order valence-corrected chi connectivity index (χ4v) is 3.03. The molecule has 0 aromatic heterocycles. The SMILES string of the molecule is COc1ccc(CN(C)CC2CCCN2C)cc1B(O)O. The minimum Gasteiger partial charge on any atom is -0.497 e. The lowest BCUT2D eigenvalue weighted by Gasteiger charge is -2.26. The summed E-state index contributed by atoms with van der Waals surface area (Å²) in [5.41, 5.74) is 1.48. The lowest BCUT2D eigenvalue weighted by atomic mass is 9.78. The molecule has 2 rings (SSSR count). The van der Waals surface area contributed by atoms with Crippen LogP contribution < -0.4 is 10.2 Å². The van der Waals surface area contributed by atoms with Crippen LogP contribution in [-0.4, -0.2) is 67.3 Å². The van der Waals surface area contributed by atoms with E-state index in [2.05, 4.69) is 23.9 Å². The molecular formula is C15H25BN2O3. The topological polar surface area (TPSA) is 56.2 Å². The maximum Gasteiger partial charge on any atom is 0.492 e. The molecule has 0 aliphatic carbocycles. The van der Waals surface area contributed by atoms with E-state index in [9.17, 15) is 10.0 Å². The highest BCUT2D eigenvalue weighted by Crippen LogP contribution is 2.17. The van der Waals surface area contributed by atoms with Gasteiger partial charge in [-0.25, -0.2) is 0 Å². The van der Waals surface area contributed by atoms with Gasteiger partial charge in [0.1, 0.15) is 5.75 Å². The number of rotatable bonds is 6. The number of hydrogen-bond donors (Lipinski definition) is 2. The quantitative estimate of drug-likeness (QED) is 0.717. The molecule has 1 heterocycles. The van der Waals surface area contributed by atoms with E-state index in [1.165, 1.54) is 26.5 Å². The van der Waals surface area contributed by atoms with Crippen molar-refractivity contribution in [1.82, 2.24) is 9.80 Å². The normalized spacial score (nSPS) is 19.2. The van der Waals surface area contributed by atoms with Crippen LogP contribution in [-0.2, 0) is 6.54 Å². The van der Waals surface area contributed by atoms with Crippen LogP contribution in [0.25, 0.3) is 0 Å². The van der Waals surface area contributed by atoms with Crippen molar-refractivity contribution >= 4 is 12.6 Å². The third-order valence-corrected chi connectivity index (χ3v) is 4.22. The van der Waals surface area contributed by atoms with Gasteiger partial charge in [0.2, 0.25) is 0 Å². The second-order valence-electron chi connectivity index (χ2n) is 5.92. The molecule has 1 unspecified atom stereocenters. The van der Waals surface area contributed by atoms with Crippen LogP contribution in [0.2, 0.25) is 0 Å². The molecular weight excluding hydrogens is 267 g/mol. The third-order valence-electron chi connectivity index (χ3n) is 4.22. The van der Waals surface area contributed by atoms with Crippen molar-refractivity contribution in [1.29, 1.82) is 0 Å². The first-order chi connectivity index (χ1) is 10.0. The van der Waals surface area contributed by atoms with Crippen molar-refractivity contribution in [2.75, 3.05) is 34.3 Å². The largest absolute Gasteiger partial charge is 0.497 e. The fourth-order valence-electron chi connectivity index (χ4n) is 3.03. The Hall–Kier alpha value is -1.08. The Morgan fingerprint density at radius 3 is 2.76 bits per heavy atom. The average Bonchev–Trinajstić information content (AvgIpc) is 2.84. The molecule has 0 saturated carbocycles. The van der Waals surface area contributed by atoms with Gasteiger partial charge in [-0.3, -0.25) is 0 Å². The van der Waals surface area contributed by atoms with E-state index in [0.717, 1.165) is 18.7 Å². The van der Waals surface area contributed by atoms with Crippen LogP contribution in [0.15, 0.2) is 18.2 Å². The predicted molar refractivity (Wildman–Crippen MR) is 84.8 cm³/mol. The van der Waals surface area contributed by atoms with Crippen LogP contribution in [0.4, 0.5) is 0 Å². The van der Waals surface area contributed by atoms with Crippen LogP contribution in [0, 0.1) is 0 Å². The van der Waals surface area contributed by atoms with Crippen molar-refractivity contribution < 1.29 is 14.8 Å². The fraction of sp³-hybridized carbons (Fsp3) is 0.600. The standard InChI is InChI=1S/C15H25BN2O3/c1-17(11-13-5-4-8-18(13)2)10-12-6-7-15(21-3)14(9-12)16(19)20/h6-7,9,13,19-20H,4-5,8,10-11H2,1-3H3. The van der Waals surface area contributed by atoms with Gasteiger partial charge in [-0.05, 0) is 45.1 Å². The Morgan fingerprint density at radius 2 is 2.19 bits per heavy atom. The zero-order valence-corrected chi connectivity index (χ0v) is 13.1. The molecule has 1 aromatic rings. The lowest BCUT2D eigenvalue weighted by Crippen LogP contribution is -2.36. The Balaban J connectivity index is 2.00. The molecule has 1 fully saturated rings. The molecule has 2 N–H and O–H groups in total. The van der Waals surface area contributed by atoms with E-state index in [-0.39, 0.29) is 0 Å². The smallest absolute Gasteiger partial charge is 0.492 e. The number of benzene rings is 1. The van der Waals surface area contributed by atoms with E-state index in [1.54, 1.807) is 12.1 Å². The van der Waals surface area contributed by atoms with Gasteiger partial charge in [0.05, 0.1) is 7.11 Å². The third kappa shape index (κ3) is 4.20. The van der Waals surface area contributed by atoms with E-state index < -0.39 is 7.12 Å². The number of hydrogen-bond acceptors (Lipinski definition) is 5. The highest BCUT2D eigenvalue weighted by Gasteiger charge is 2.22. The van der Waals surface area contributed by atoms with Crippen molar-refractivity contribution in [3.8, 4) is 5.75 Å². The maximum absolute atomic E-state index is 9.41. The molecule has 0 spiro atoms. The van der Waals surface area contributed by atoms with Crippen LogP contribution >= 0.6 is 0 Å². The molecule has 1 saturated heterocycles. The number of nitrogens with zero attached hydrogens (tertiary/aromatic N) is 2. The summed E-state index contributed by atoms with van der Waals surface area (Å²) in [5.74, 6) is 0.506. The second-order valence-corrected chi connectivity index (χ2v) is 5.92. The molecule has 1 atom stereocenters. The zero-order chi connectivity index (χ0) is 15.4. The predicted octanol–water partition coefficient (Wildman–Crippen LogP) is -0.0990. The molecule has 1 aromatic carbocycles. The minimum atomic E-state index is -1.51. The first-order valence-electron chi connectivity index (χ1n) is 7.43. The van der Waals surface area contributed by atoms with Crippen molar-refractivity contribution in [3.05, 3.63) is 23.8 Å². The summed E-state index contributed by atoms with van der Waals surface area (Å²) in [6, 6.07) is 6.19. The Labute approximate surface area is 127 Å². The van der Waals surface area contributed by atoms with E-state index in [1.807, 2.05) is 6.07 Å². The molecule has 116 valence electrons. The summed E-state index contributed by atoms with van der Waals surface area (Å²) in [5, 5.41) is 18.8. The van der Waals surface area contributed by atoms with Crippen LogP contribution in [0.5, 0.6) is 5.75 Å². The van der Waals surface area contributed by atoms with Gasteiger partial charge in [-0.1, -0.05) is 12.1 Å². The monoisotopic (exact) mass is 292 g/mol. The van der Waals surface area contributed by atoms with Gasteiger partial charge in [0.15, 0.2) is 0 Å². The second kappa shape index (κ2) is 7.27. The van der Waals surface area contributed by atoms with Gasteiger partial charge >= 0.3 is 7.12 Å². The number of methoxy groups -OCH3 is 1. The molecule has 21 heavy (non-hydrogen) atoms. The first-order valence-corrected chi connectivity index (χ1v) is 7.43. The van der Waals surface area contributed by atoms with Gasteiger partial charge in [0.25, 0.3) is 0 Å². The number of likely N-dealkylation sites (tertiary alicyclic amines) is 1. The van der Waals surface area contributed by atoms with Crippen molar-refractivity contribution in [2.45, 2.75) is 25.4 Å². The summed E-state index contributed by atoms with van der Waals surface area (Å²) >= 11 is 0. The molecule has 0 radical (unpaired) electrons.